The van der Waals surface area contributed by atoms with Crippen LogP contribution in [0.2, 0.25) is 0 Å². The third-order valence-corrected chi connectivity index (χ3v) is 7.42. The standard InChI is InChI=1S/C29H32F2/c1-3-4-5-22-10-12-24-17-25(14-13-23(24)16-22)26-18-28(30)27(29(31)19-26)15-11-21-8-6-20(2)7-9-21/h3,6-9,18-19,22-25H,1,4-5,10,12-14,16-17H2,2H3. The lowest BCUT2D eigenvalue weighted by Gasteiger charge is -2.42. The zero-order chi connectivity index (χ0) is 21.8. The number of benzene rings is 2. The molecule has 2 aliphatic rings. The van der Waals surface area contributed by atoms with Crippen molar-refractivity contribution in [3.05, 3.63) is 82.9 Å². The normalized spacial score (nSPS) is 25.3. The van der Waals surface area contributed by atoms with Gasteiger partial charge in [0.05, 0.1) is 5.56 Å². The molecule has 4 rings (SSSR count). The van der Waals surface area contributed by atoms with Crippen molar-refractivity contribution in [2.45, 2.75) is 64.2 Å². The predicted molar refractivity (Wildman–Crippen MR) is 124 cm³/mol. The number of allylic oxidation sites excluding steroid dienone is 1. The summed E-state index contributed by atoms with van der Waals surface area (Å²) in [5, 5.41) is 0. The van der Waals surface area contributed by atoms with Gasteiger partial charge in [-0.25, -0.2) is 8.78 Å². The van der Waals surface area contributed by atoms with E-state index in [1.54, 1.807) is 0 Å². The third-order valence-electron chi connectivity index (χ3n) is 7.42. The predicted octanol–water partition coefficient (Wildman–Crippen LogP) is 7.94. The number of halogens is 2. The van der Waals surface area contributed by atoms with Crippen molar-refractivity contribution in [3.63, 3.8) is 0 Å². The molecule has 2 saturated carbocycles. The number of rotatable bonds is 4. The Morgan fingerprint density at radius 2 is 1.61 bits per heavy atom. The van der Waals surface area contributed by atoms with Crippen LogP contribution >= 0.6 is 0 Å². The van der Waals surface area contributed by atoms with Gasteiger partial charge in [-0.2, -0.15) is 0 Å². The molecule has 31 heavy (non-hydrogen) atoms. The van der Waals surface area contributed by atoms with Crippen molar-refractivity contribution >= 4 is 0 Å². The van der Waals surface area contributed by atoms with Crippen LogP contribution in [-0.4, -0.2) is 0 Å². The summed E-state index contributed by atoms with van der Waals surface area (Å²) >= 11 is 0. The molecule has 0 aromatic heterocycles. The minimum absolute atomic E-state index is 0.124. The van der Waals surface area contributed by atoms with E-state index in [2.05, 4.69) is 18.4 Å². The third kappa shape index (κ3) is 5.27. The van der Waals surface area contributed by atoms with Gasteiger partial charge in [0.25, 0.3) is 0 Å². The van der Waals surface area contributed by atoms with E-state index in [0.717, 1.165) is 47.8 Å². The average molecular weight is 419 g/mol. The molecular weight excluding hydrogens is 386 g/mol. The van der Waals surface area contributed by atoms with Gasteiger partial charge >= 0.3 is 0 Å². The van der Waals surface area contributed by atoms with Crippen molar-refractivity contribution in [1.82, 2.24) is 0 Å². The van der Waals surface area contributed by atoms with Crippen LogP contribution in [0.5, 0.6) is 0 Å². The largest absolute Gasteiger partial charge is 0.206 e. The molecule has 0 bridgehead atoms. The number of aryl methyl sites for hydroxylation is 1. The molecule has 0 heterocycles. The summed E-state index contributed by atoms with van der Waals surface area (Å²) < 4.78 is 29.6. The summed E-state index contributed by atoms with van der Waals surface area (Å²) in [6.45, 7) is 5.85. The van der Waals surface area contributed by atoms with Crippen molar-refractivity contribution in [1.29, 1.82) is 0 Å². The van der Waals surface area contributed by atoms with Gasteiger partial charge in [-0.3, -0.25) is 0 Å². The first-order valence-electron chi connectivity index (χ1n) is 11.7. The van der Waals surface area contributed by atoms with Gasteiger partial charge < -0.3 is 0 Å². The maximum atomic E-state index is 14.8. The van der Waals surface area contributed by atoms with Crippen molar-refractivity contribution < 1.29 is 8.78 Å². The Kier molecular flexibility index (Phi) is 6.91. The van der Waals surface area contributed by atoms with E-state index < -0.39 is 11.6 Å². The molecule has 4 unspecified atom stereocenters. The highest BCUT2D eigenvalue weighted by Gasteiger charge is 2.36. The van der Waals surface area contributed by atoms with Crippen LogP contribution in [-0.2, 0) is 0 Å². The Balaban J connectivity index is 1.44. The molecular formula is C29H32F2. The zero-order valence-electron chi connectivity index (χ0n) is 18.5. The summed E-state index contributed by atoms with van der Waals surface area (Å²) in [7, 11) is 0. The topological polar surface area (TPSA) is 0 Å². The minimum atomic E-state index is -0.537. The van der Waals surface area contributed by atoms with E-state index >= 15 is 0 Å². The van der Waals surface area contributed by atoms with Gasteiger partial charge in [-0.1, -0.05) is 42.0 Å². The Hall–Kier alpha value is -2.40. The number of hydrogen-bond acceptors (Lipinski definition) is 0. The van der Waals surface area contributed by atoms with E-state index in [-0.39, 0.29) is 11.5 Å². The molecule has 0 N–H and O–H groups in total. The summed E-state index contributed by atoms with van der Waals surface area (Å²) in [6, 6.07) is 10.7. The minimum Gasteiger partial charge on any atom is -0.206 e. The summed E-state index contributed by atoms with van der Waals surface area (Å²) in [4.78, 5) is 0. The highest BCUT2D eigenvalue weighted by atomic mass is 19.1. The maximum absolute atomic E-state index is 14.8. The monoisotopic (exact) mass is 418 g/mol. The van der Waals surface area contributed by atoms with E-state index in [9.17, 15) is 8.78 Å². The van der Waals surface area contributed by atoms with Gasteiger partial charge in [-0.05, 0) is 105 Å². The fourth-order valence-electron chi connectivity index (χ4n) is 5.62. The van der Waals surface area contributed by atoms with Crippen molar-refractivity contribution in [3.8, 4) is 11.8 Å². The quantitative estimate of drug-likeness (QED) is 0.349. The van der Waals surface area contributed by atoms with Crippen LogP contribution in [0, 0.1) is 48.2 Å². The van der Waals surface area contributed by atoms with Crippen molar-refractivity contribution in [2.24, 2.45) is 17.8 Å². The Labute approximate surface area is 185 Å². The average Bonchev–Trinajstić information content (AvgIpc) is 2.77. The van der Waals surface area contributed by atoms with Crippen molar-refractivity contribution in [2.75, 3.05) is 0 Å². The summed E-state index contributed by atoms with van der Waals surface area (Å²) in [6.07, 6.45) is 11.5. The molecule has 2 aromatic carbocycles. The molecule has 0 spiro atoms. The van der Waals surface area contributed by atoms with E-state index in [1.807, 2.05) is 37.3 Å². The van der Waals surface area contributed by atoms with Crippen LogP contribution in [0.4, 0.5) is 8.78 Å². The van der Waals surface area contributed by atoms with Crippen LogP contribution in [0.25, 0.3) is 0 Å². The molecule has 0 nitrogen and oxygen atoms in total. The number of hydrogen-bond donors (Lipinski definition) is 0. The first-order valence-corrected chi connectivity index (χ1v) is 11.7. The molecule has 2 heteroatoms. The second kappa shape index (κ2) is 9.82. The first-order chi connectivity index (χ1) is 15.0. The molecule has 2 fully saturated rings. The fourth-order valence-corrected chi connectivity index (χ4v) is 5.62. The molecule has 0 aliphatic heterocycles. The second-order valence-corrected chi connectivity index (χ2v) is 9.55. The molecule has 4 atom stereocenters. The van der Waals surface area contributed by atoms with Gasteiger partial charge in [-0.15, -0.1) is 6.58 Å². The molecule has 2 aliphatic carbocycles. The van der Waals surface area contributed by atoms with Crippen LogP contribution < -0.4 is 0 Å². The second-order valence-electron chi connectivity index (χ2n) is 9.55. The van der Waals surface area contributed by atoms with E-state index in [0.29, 0.717) is 5.92 Å². The summed E-state index contributed by atoms with van der Waals surface area (Å²) in [5.41, 5.74) is 2.58. The van der Waals surface area contributed by atoms with Gasteiger partial charge in [0.2, 0.25) is 0 Å². The molecule has 0 amide bonds. The lowest BCUT2D eigenvalue weighted by molar-refractivity contribution is 0.115. The lowest BCUT2D eigenvalue weighted by Crippen LogP contribution is -2.30. The molecule has 0 saturated heterocycles. The Bertz CT molecular complexity index is 953. The van der Waals surface area contributed by atoms with Gasteiger partial charge in [0.15, 0.2) is 0 Å². The fraction of sp³-hybridized carbons (Fsp3) is 0.448. The van der Waals surface area contributed by atoms with E-state index in [4.69, 9.17) is 0 Å². The van der Waals surface area contributed by atoms with Gasteiger partial charge in [0.1, 0.15) is 11.6 Å². The first kappa shape index (κ1) is 21.8. The SMILES string of the molecule is C=CCCC1CCC2CC(c3cc(F)c(C#Cc4ccc(C)cc4)c(F)c3)CCC2C1. The Morgan fingerprint density at radius 3 is 2.32 bits per heavy atom. The van der Waals surface area contributed by atoms with Crippen LogP contribution in [0.3, 0.4) is 0 Å². The molecule has 2 aromatic rings. The highest BCUT2D eigenvalue weighted by Crippen LogP contribution is 2.48. The van der Waals surface area contributed by atoms with Crippen LogP contribution in [0.1, 0.15) is 79.5 Å². The Morgan fingerprint density at radius 1 is 0.935 bits per heavy atom. The number of fused-ring (bicyclic) bond motifs is 1. The lowest BCUT2D eigenvalue weighted by atomic mass is 9.63. The molecule has 162 valence electrons. The molecule has 0 radical (unpaired) electrons. The van der Waals surface area contributed by atoms with Gasteiger partial charge in [0, 0.05) is 5.56 Å². The zero-order valence-corrected chi connectivity index (χ0v) is 18.5. The maximum Gasteiger partial charge on any atom is 0.142 e. The summed E-state index contributed by atoms with van der Waals surface area (Å²) in [5.74, 6) is 7.10. The smallest absolute Gasteiger partial charge is 0.142 e. The van der Waals surface area contributed by atoms with Crippen LogP contribution in [0.15, 0.2) is 49.1 Å². The van der Waals surface area contributed by atoms with E-state index in [1.165, 1.54) is 44.2 Å². The highest BCUT2D eigenvalue weighted by molar-refractivity contribution is 5.46.